The summed E-state index contributed by atoms with van der Waals surface area (Å²) >= 11 is 1.72. The number of nitro benzene ring substituents is 1. The van der Waals surface area contributed by atoms with Gasteiger partial charge in [-0.05, 0) is 42.0 Å². The second kappa shape index (κ2) is 4.84. The molecule has 4 nitrogen and oxygen atoms in total. The smallest absolute Gasteiger partial charge is 0.273 e. The molecule has 2 N–H and O–H groups in total. The molecule has 0 amide bonds. The van der Waals surface area contributed by atoms with Crippen LogP contribution < -0.4 is 5.73 Å². The van der Waals surface area contributed by atoms with Gasteiger partial charge in [-0.1, -0.05) is 0 Å². The van der Waals surface area contributed by atoms with Crippen molar-refractivity contribution in [2.45, 2.75) is 19.4 Å². The van der Waals surface area contributed by atoms with E-state index in [4.69, 9.17) is 5.73 Å². The van der Waals surface area contributed by atoms with Crippen LogP contribution in [0.25, 0.3) is 0 Å². The van der Waals surface area contributed by atoms with Gasteiger partial charge in [-0.25, -0.2) is 4.39 Å². The van der Waals surface area contributed by atoms with Gasteiger partial charge in [0, 0.05) is 17.7 Å². The minimum atomic E-state index is -0.515. The molecule has 1 aromatic rings. The molecule has 0 radical (unpaired) electrons. The van der Waals surface area contributed by atoms with Gasteiger partial charge in [0.25, 0.3) is 5.69 Å². The number of nitro groups is 1. The Hall–Kier alpha value is -0.760. The summed E-state index contributed by atoms with van der Waals surface area (Å²) in [4.78, 5) is 10.2. The number of hydrogen-bond donors (Lipinski definition) is 1. The third-order valence-electron chi connectivity index (χ3n) is 1.86. The predicted molar refractivity (Wildman–Crippen MR) is 63.1 cm³/mol. The molecule has 0 saturated carbocycles. The Morgan fingerprint density at radius 1 is 1.67 bits per heavy atom. The number of rotatable bonds is 3. The summed E-state index contributed by atoms with van der Waals surface area (Å²) in [5.41, 5.74) is 5.80. The molecule has 0 heterocycles. The lowest BCUT2D eigenvalue weighted by atomic mass is 10.1. The zero-order valence-electron chi connectivity index (χ0n) is 8.04. The first-order valence-corrected chi connectivity index (χ1v) is 5.37. The first kappa shape index (κ1) is 12.3. The molecule has 1 rings (SSSR count). The lowest BCUT2D eigenvalue weighted by molar-refractivity contribution is -0.385. The van der Waals surface area contributed by atoms with Gasteiger partial charge in [0.15, 0.2) is 0 Å². The van der Waals surface area contributed by atoms with Crippen LogP contribution in [0.3, 0.4) is 0 Å². The molecule has 6 heteroatoms. The van der Waals surface area contributed by atoms with E-state index in [0.29, 0.717) is 12.0 Å². The van der Waals surface area contributed by atoms with E-state index in [1.165, 1.54) is 12.1 Å². The minimum Gasteiger partial charge on any atom is -0.328 e. The second-order valence-corrected chi connectivity index (χ2v) is 4.50. The average molecular weight is 324 g/mol. The van der Waals surface area contributed by atoms with Gasteiger partial charge in [-0.2, -0.15) is 0 Å². The highest BCUT2D eigenvalue weighted by Gasteiger charge is 2.17. The summed E-state index contributed by atoms with van der Waals surface area (Å²) in [5.74, 6) is -0.447. The van der Waals surface area contributed by atoms with Crippen LogP contribution in [-0.2, 0) is 6.42 Å². The Bertz CT molecular complexity index is 396. The highest BCUT2D eigenvalue weighted by Crippen LogP contribution is 2.24. The van der Waals surface area contributed by atoms with E-state index >= 15 is 0 Å². The highest BCUT2D eigenvalue weighted by molar-refractivity contribution is 14.1. The molecule has 0 bridgehead atoms. The van der Waals surface area contributed by atoms with Crippen molar-refractivity contribution in [3.63, 3.8) is 0 Å². The Kier molecular flexibility index (Phi) is 3.97. The number of halogens is 2. The molecule has 1 atom stereocenters. The van der Waals surface area contributed by atoms with E-state index in [9.17, 15) is 14.5 Å². The average Bonchev–Trinajstić information content (AvgIpc) is 2.09. The van der Waals surface area contributed by atoms with Crippen LogP contribution in [0.2, 0.25) is 0 Å². The van der Waals surface area contributed by atoms with Gasteiger partial charge < -0.3 is 5.73 Å². The van der Waals surface area contributed by atoms with E-state index in [1.807, 2.05) is 0 Å². The Balaban J connectivity index is 3.22. The van der Waals surface area contributed by atoms with Crippen molar-refractivity contribution in [3.05, 3.63) is 37.2 Å². The van der Waals surface area contributed by atoms with Crippen LogP contribution in [0.4, 0.5) is 10.1 Å². The summed E-state index contributed by atoms with van der Waals surface area (Å²) in [5, 5.41) is 10.7. The van der Waals surface area contributed by atoms with Gasteiger partial charge in [-0.3, -0.25) is 10.1 Å². The second-order valence-electron chi connectivity index (χ2n) is 3.33. The topological polar surface area (TPSA) is 69.2 Å². The molecule has 0 spiro atoms. The van der Waals surface area contributed by atoms with Crippen molar-refractivity contribution in [1.82, 2.24) is 0 Å². The van der Waals surface area contributed by atoms with E-state index in [1.54, 1.807) is 29.5 Å². The van der Waals surface area contributed by atoms with E-state index in [0.717, 1.165) is 0 Å². The molecule has 0 saturated heterocycles. The van der Waals surface area contributed by atoms with Crippen LogP contribution in [0.1, 0.15) is 12.5 Å². The lowest BCUT2D eigenvalue weighted by Crippen LogP contribution is -2.18. The monoisotopic (exact) mass is 324 g/mol. The molecular formula is C9H10FIN2O2. The van der Waals surface area contributed by atoms with E-state index < -0.39 is 10.7 Å². The van der Waals surface area contributed by atoms with Gasteiger partial charge in [0.1, 0.15) is 5.82 Å². The van der Waals surface area contributed by atoms with Crippen molar-refractivity contribution in [2.24, 2.45) is 5.73 Å². The highest BCUT2D eigenvalue weighted by atomic mass is 127. The van der Waals surface area contributed by atoms with Crippen molar-refractivity contribution in [2.75, 3.05) is 0 Å². The van der Waals surface area contributed by atoms with Crippen LogP contribution in [0, 0.1) is 19.5 Å². The fourth-order valence-corrected chi connectivity index (χ4v) is 1.71. The quantitative estimate of drug-likeness (QED) is 0.527. The Morgan fingerprint density at radius 3 is 2.73 bits per heavy atom. The fourth-order valence-electron chi connectivity index (χ4n) is 1.26. The van der Waals surface area contributed by atoms with E-state index in [2.05, 4.69) is 0 Å². The minimum absolute atomic E-state index is 0.0712. The van der Waals surface area contributed by atoms with Gasteiger partial charge >= 0.3 is 0 Å². The molecule has 1 unspecified atom stereocenters. The molecule has 0 aromatic heterocycles. The predicted octanol–water partition coefficient (Wildman–Crippen LogP) is 2.23. The van der Waals surface area contributed by atoms with E-state index in [-0.39, 0.29) is 15.3 Å². The maximum atomic E-state index is 13.2. The number of hydrogen-bond acceptors (Lipinski definition) is 3. The maximum absolute atomic E-state index is 13.2. The first-order valence-electron chi connectivity index (χ1n) is 4.29. The van der Waals surface area contributed by atoms with Crippen LogP contribution in [0.5, 0.6) is 0 Å². The number of nitrogens with zero attached hydrogens (tertiary/aromatic N) is 1. The van der Waals surface area contributed by atoms with Gasteiger partial charge in [0.05, 0.1) is 8.49 Å². The lowest BCUT2D eigenvalue weighted by Gasteiger charge is -2.07. The largest absolute Gasteiger partial charge is 0.328 e. The summed E-state index contributed by atoms with van der Waals surface area (Å²) in [6, 6.07) is 2.18. The van der Waals surface area contributed by atoms with Crippen molar-refractivity contribution in [1.29, 1.82) is 0 Å². The molecular weight excluding hydrogens is 314 g/mol. The van der Waals surface area contributed by atoms with Gasteiger partial charge in [0.2, 0.25) is 0 Å². The zero-order chi connectivity index (χ0) is 11.6. The molecule has 0 aliphatic heterocycles. The maximum Gasteiger partial charge on any atom is 0.273 e. The molecule has 0 fully saturated rings. The summed E-state index contributed by atoms with van der Waals surface area (Å²) in [6.07, 6.45) is 0.296. The van der Waals surface area contributed by atoms with Crippen molar-refractivity contribution >= 4 is 28.3 Å². The van der Waals surface area contributed by atoms with Crippen molar-refractivity contribution in [3.8, 4) is 0 Å². The fraction of sp³-hybridized carbons (Fsp3) is 0.333. The molecule has 0 aliphatic carbocycles. The third-order valence-corrected chi connectivity index (χ3v) is 2.69. The standard InChI is InChI=1S/C9H10FIN2O2/c1-5(12)2-6-3-7(10)8(11)4-9(6)13(14)15/h3-5H,2,12H2,1H3. The van der Waals surface area contributed by atoms with Crippen molar-refractivity contribution < 1.29 is 9.31 Å². The molecule has 15 heavy (non-hydrogen) atoms. The zero-order valence-corrected chi connectivity index (χ0v) is 10.2. The van der Waals surface area contributed by atoms with Crippen LogP contribution in [-0.4, -0.2) is 11.0 Å². The summed E-state index contributed by atoms with van der Waals surface area (Å²) in [7, 11) is 0. The Morgan fingerprint density at radius 2 is 2.27 bits per heavy atom. The molecule has 0 aliphatic rings. The van der Waals surface area contributed by atoms with Crippen LogP contribution in [0.15, 0.2) is 12.1 Å². The Labute approximate surface area is 99.9 Å². The summed E-state index contributed by atoms with van der Waals surface area (Å²) in [6.45, 7) is 1.72. The molecule has 1 aromatic carbocycles. The number of nitrogens with two attached hydrogens (primary N) is 1. The van der Waals surface area contributed by atoms with Gasteiger partial charge in [-0.15, -0.1) is 0 Å². The summed E-state index contributed by atoms with van der Waals surface area (Å²) < 4.78 is 13.4. The molecule has 82 valence electrons. The first-order chi connectivity index (χ1) is 6.91. The van der Waals surface area contributed by atoms with Crippen LogP contribution >= 0.6 is 22.6 Å². The third kappa shape index (κ3) is 3.10. The number of benzene rings is 1. The normalized spacial score (nSPS) is 12.5. The SMILES string of the molecule is CC(N)Cc1cc(F)c(I)cc1[N+](=O)[O-].